The molecule has 0 aliphatic rings. The van der Waals surface area contributed by atoms with Gasteiger partial charge >= 0.3 is 5.97 Å². The van der Waals surface area contributed by atoms with Gasteiger partial charge in [0.25, 0.3) is 0 Å². The number of aryl methyl sites for hydroxylation is 1. The number of carbonyl (C=O) groups excluding carboxylic acids is 2. The molecule has 0 atom stereocenters. The van der Waals surface area contributed by atoms with E-state index in [2.05, 4.69) is 4.74 Å². The predicted molar refractivity (Wildman–Crippen MR) is 62.2 cm³/mol. The van der Waals surface area contributed by atoms with Gasteiger partial charge in [-0.3, -0.25) is 9.36 Å². The molecule has 4 nitrogen and oxygen atoms in total. The molecule has 0 saturated heterocycles. The molecule has 2 heterocycles. The summed E-state index contributed by atoms with van der Waals surface area (Å²) in [6.45, 7) is 3.39. The summed E-state index contributed by atoms with van der Waals surface area (Å²) in [7, 11) is 1.30. The summed E-state index contributed by atoms with van der Waals surface area (Å²) >= 11 is 1.55. The molecule has 0 unspecified atom stereocenters. The van der Waals surface area contributed by atoms with Crippen molar-refractivity contribution in [2.75, 3.05) is 7.11 Å². The zero-order chi connectivity index (χ0) is 11.9. The number of methoxy groups -OCH3 is 1. The van der Waals surface area contributed by atoms with E-state index >= 15 is 0 Å². The van der Waals surface area contributed by atoms with Gasteiger partial charge in [0, 0.05) is 11.8 Å². The number of carbonyl (C=O) groups is 2. The topological polar surface area (TPSA) is 48.3 Å². The zero-order valence-electron chi connectivity index (χ0n) is 9.23. The van der Waals surface area contributed by atoms with E-state index in [-0.39, 0.29) is 11.6 Å². The first-order chi connectivity index (χ1) is 7.54. The summed E-state index contributed by atoms with van der Waals surface area (Å²) in [6.07, 6.45) is 0. The maximum Gasteiger partial charge on any atom is 0.355 e. The van der Waals surface area contributed by atoms with Crippen molar-refractivity contribution in [3.8, 4) is 0 Å². The molecule has 0 amide bonds. The van der Waals surface area contributed by atoms with Crippen LogP contribution in [0.15, 0.2) is 12.1 Å². The highest BCUT2D eigenvalue weighted by Crippen LogP contribution is 2.28. The Morgan fingerprint density at radius 2 is 2.06 bits per heavy atom. The molecular weight excluding hydrogens is 226 g/mol. The maximum atomic E-state index is 11.5. The van der Waals surface area contributed by atoms with Crippen molar-refractivity contribution < 1.29 is 14.3 Å². The molecule has 2 aromatic heterocycles. The van der Waals surface area contributed by atoms with E-state index in [0.29, 0.717) is 0 Å². The first kappa shape index (κ1) is 10.9. The van der Waals surface area contributed by atoms with Crippen molar-refractivity contribution in [3.63, 3.8) is 0 Å². The fourth-order valence-electron chi connectivity index (χ4n) is 1.71. The third kappa shape index (κ3) is 1.53. The van der Waals surface area contributed by atoms with Gasteiger partial charge in [0.05, 0.1) is 17.3 Å². The second kappa shape index (κ2) is 3.75. The van der Waals surface area contributed by atoms with Crippen LogP contribution in [0.25, 0.3) is 10.2 Å². The average Bonchev–Trinajstić information content (AvgIpc) is 2.71. The van der Waals surface area contributed by atoms with Crippen LogP contribution in [0.3, 0.4) is 0 Å². The van der Waals surface area contributed by atoms with E-state index in [0.717, 1.165) is 15.1 Å². The fourth-order valence-corrected chi connectivity index (χ4v) is 2.65. The Morgan fingerprint density at radius 3 is 2.62 bits per heavy atom. The van der Waals surface area contributed by atoms with Gasteiger partial charge in [0.1, 0.15) is 5.69 Å². The number of esters is 1. The predicted octanol–water partition coefficient (Wildman–Crippen LogP) is 2.46. The van der Waals surface area contributed by atoms with Crippen LogP contribution in [-0.4, -0.2) is 23.6 Å². The van der Waals surface area contributed by atoms with Crippen LogP contribution in [0, 0.1) is 6.92 Å². The van der Waals surface area contributed by atoms with Crippen LogP contribution in [0.5, 0.6) is 0 Å². The Hall–Kier alpha value is -1.62. The fraction of sp³-hybridized carbons (Fsp3) is 0.273. The Morgan fingerprint density at radius 1 is 1.38 bits per heavy atom. The number of aromatic nitrogens is 1. The van der Waals surface area contributed by atoms with E-state index in [1.807, 2.05) is 13.0 Å². The Bertz CT molecular complexity index is 579. The zero-order valence-corrected chi connectivity index (χ0v) is 10.1. The SMILES string of the molecule is COC(=O)c1cc2sc(C)cc2n1C(C)=O. The molecule has 0 spiro atoms. The van der Waals surface area contributed by atoms with Crippen molar-refractivity contribution in [3.05, 3.63) is 22.7 Å². The maximum absolute atomic E-state index is 11.5. The van der Waals surface area contributed by atoms with Crippen molar-refractivity contribution in [2.45, 2.75) is 13.8 Å². The number of hydrogen-bond acceptors (Lipinski definition) is 4. The van der Waals surface area contributed by atoms with E-state index in [1.54, 1.807) is 17.4 Å². The molecule has 16 heavy (non-hydrogen) atoms. The highest BCUT2D eigenvalue weighted by molar-refractivity contribution is 7.19. The lowest BCUT2D eigenvalue weighted by molar-refractivity contribution is 0.0583. The summed E-state index contributed by atoms with van der Waals surface area (Å²) in [6, 6.07) is 3.59. The molecule has 5 heteroatoms. The number of hydrogen-bond donors (Lipinski definition) is 0. The summed E-state index contributed by atoms with van der Waals surface area (Å²) in [5.41, 5.74) is 1.06. The van der Waals surface area contributed by atoms with Gasteiger partial charge in [-0.05, 0) is 19.1 Å². The molecule has 0 aromatic carbocycles. The number of thiophene rings is 1. The van der Waals surface area contributed by atoms with E-state index in [1.165, 1.54) is 18.6 Å². The molecule has 0 N–H and O–H groups in total. The lowest BCUT2D eigenvalue weighted by atomic mass is 10.4. The lowest BCUT2D eigenvalue weighted by Gasteiger charge is -2.03. The molecule has 0 radical (unpaired) electrons. The molecule has 2 aromatic rings. The summed E-state index contributed by atoms with van der Waals surface area (Å²) in [5.74, 6) is -0.676. The molecule has 0 saturated carbocycles. The smallest absolute Gasteiger partial charge is 0.355 e. The number of fused-ring (bicyclic) bond motifs is 1. The number of ether oxygens (including phenoxy) is 1. The molecule has 0 aliphatic heterocycles. The Labute approximate surface area is 96.4 Å². The quantitative estimate of drug-likeness (QED) is 0.716. The summed E-state index contributed by atoms with van der Waals surface area (Å²) in [5, 5.41) is 0. The van der Waals surface area contributed by atoms with Crippen molar-refractivity contribution >= 4 is 33.4 Å². The minimum absolute atomic E-state index is 0.187. The van der Waals surface area contributed by atoms with Gasteiger partial charge in [-0.1, -0.05) is 0 Å². The first-order valence-corrected chi connectivity index (χ1v) is 5.57. The van der Waals surface area contributed by atoms with Gasteiger partial charge in [-0.2, -0.15) is 0 Å². The van der Waals surface area contributed by atoms with Crippen molar-refractivity contribution in [1.29, 1.82) is 0 Å². The molecule has 0 bridgehead atoms. The minimum Gasteiger partial charge on any atom is -0.464 e. The number of nitrogens with zero attached hydrogens (tertiary/aromatic N) is 1. The Balaban J connectivity index is 2.74. The molecule has 0 aliphatic carbocycles. The van der Waals surface area contributed by atoms with Crippen LogP contribution < -0.4 is 0 Å². The van der Waals surface area contributed by atoms with E-state index in [4.69, 9.17) is 0 Å². The lowest BCUT2D eigenvalue weighted by Crippen LogP contribution is -2.14. The van der Waals surface area contributed by atoms with Gasteiger partial charge in [0.2, 0.25) is 5.91 Å². The number of rotatable bonds is 1. The molecule has 0 fully saturated rings. The summed E-state index contributed by atoms with van der Waals surface area (Å²) in [4.78, 5) is 24.1. The van der Waals surface area contributed by atoms with Crippen LogP contribution in [0.4, 0.5) is 0 Å². The van der Waals surface area contributed by atoms with Crippen molar-refractivity contribution in [1.82, 2.24) is 4.57 Å². The van der Waals surface area contributed by atoms with Crippen LogP contribution in [-0.2, 0) is 4.74 Å². The van der Waals surface area contributed by atoms with E-state index < -0.39 is 5.97 Å². The highest BCUT2D eigenvalue weighted by atomic mass is 32.1. The normalized spacial score (nSPS) is 10.7. The average molecular weight is 237 g/mol. The van der Waals surface area contributed by atoms with Gasteiger partial charge < -0.3 is 4.74 Å². The van der Waals surface area contributed by atoms with Crippen LogP contribution >= 0.6 is 11.3 Å². The largest absolute Gasteiger partial charge is 0.464 e. The van der Waals surface area contributed by atoms with Gasteiger partial charge in [-0.25, -0.2) is 4.79 Å². The van der Waals surface area contributed by atoms with Crippen molar-refractivity contribution in [2.24, 2.45) is 0 Å². The first-order valence-electron chi connectivity index (χ1n) is 4.75. The highest BCUT2D eigenvalue weighted by Gasteiger charge is 2.19. The Kier molecular flexibility index (Phi) is 2.55. The molecular formula is C11H11NO3S. The van der Waals surface area contributed by atoms with Gasteiger partial charge in [0.15, 0.2) is 0 Å². The molecule has 2 rings (SSSR count). The third-order valence-corrected chi connectivity index (χ3v) is 3.31. The second-order valence-electron chi connectivity index (χ2n) is 3.48. The van der Waals surface area contributed by atoms with E-state index in [9.17, 15) is 9.59 Å². The minimum atomic E-state index is -0.490. The second-order valence-corrected chi connectivity index (χ2v) is 4.77. The van der Waals surface area contributed by atoms with Crippen LogP contribution in [0.1, 0.15) is 27.1 Å². The van der Waals surface area contributed by atoms with Gasteiger partial charge in [-0.15, -0.1) is 11.3 Å². The molecule has 84 valence electrons. The van der Waals surface area contributed by atoms with Crippen LogP contribution in [0.2, 0.25) is 0 Å². The third-order valence-electron chi connectivity index (χ3n) is 2.32. The standard InChI is InChI=1S/C11H11NO3S/c1-6-4-8-10(16-6)5-9(11(14)15-3)12(8)7(2)13/h4-5H,1-3H3. The summed E-state index contributed by atoms with van der Waals surface area (Å²) < 4.78 is 6.97. The monoisotopic (exact) mass is 237 g/mol.